The number of hydrogen-bond donors (Lipinski definition) is 1. The molecule has 0 heterocycles. The standard InChI is InChI=1S/C21H33NO/c1-13-9-15-11-20(2,3)10-14-5-6-17-19(18(14)15)16(13)7-8-21(17,4)22-12-23/h12-13,15-17,19H,5-11H2,1-4H3,(H,22,23)/t13-,15?,16?,17?,19?,21-/m1/s1. The van der Waals surface area contributed by atoms with Gasteiger partial charge in [0.2, 0.25) is 6.41 Å². The molecule has 2 nitrogen and oxygen atoms in total. The minimum atomic E-state index is 0.0238. The number of allylic oxidation sites excluding steroid dienone is 2. The number of hydrogen-bond acceptors (Lipinski definition) is 1. The lowest BCUT2D eigenvalue weighted by Gasteiger charge is -2.60. The summed E-state index contributed by atoms with van der Waals surface area (Å²) in [5.41, 5.74) is 4.21. The first-order valence-electron chi connectivity index (χ1n) is 9.78. The highest BCUT2D eigenvalue weighted by Crippen LogP contribution is 2.62. The Kier molecular flexibility index (Phi) is 3.49. The number of rotatable bonds is 2. The van der Waals surface area contributed by atoms with Crippen LogP contribution in [0.1, 0.15) is 72.6 Å². The summed E-state index contributed by atoms with van der Waals surface area (Å²) in [6.07, 6.45) is 10.1. The molecule has 4 aliphatic carbocycles. The maximum atomic E-state index is 11.2. The summed E-state index contributed by atoms with van der Waals surface area (Å²) in [6.45, 7) is 9.76. The van der Waals surface area contributed by atoms with Crippen molar-refractivity contribution in [3.05, 3.63) is 11.1 Å². The Labute approximate surface area is 141 Å². The summed E-state index contributed by atoms with van der Waals surface area (Å²) in [6, 6.07) is 0. The molecule has 6 atom stereocenters. The summed E-state index contributed by atoms with van der Waals surface area (Å²) in [7, 11) is 0. The van der Waals surface area contributed by atoms with Crippen LogP contribution in [0.3, 0.4) is 0 Å². The topological polar surface area (TPSA) is 29.1 Å². The zero-order chi connectivity index (χ0) is 16.4. The molecule has 0 radical (unpaired) electrons. The van der Waals surface area contributed by atoms with Gasteiger partial charge in [0.1, 0.15) is 0 Å². The van der Waals surface area contributed by atoms with E-state index in [9.17, 15) is 4.79 Å². The van der Waals surface area contributed by atoms with Crippen LogP contribution in [-0.4, -0.2) is 11.9 Å². The van der Waals surface area contributed by atoms with Gasteiger partial charge in [0.15, 0.2) is 0 Å². The Bertz CT molecular complexity index is 548. The third-order valence-electron chi connectivity index (χ3n) is 7.94. The Balaban J connectivity index is 1.77. The van der Waals surface area contributed by atoms with Gasteiger partial charge in [-0.2, -0.15) is 0 Å². The maximum absolute atomic E-state index is 11.2. The molecule has 0 aromatic rings. The van der Waals surface area contributed by atoms with Gasteiger partial charge in [0, 0.05) is 5.54 Å². The molecule has 0 aromatic heterocycles. The zero-order valence-corrected chi connectivity index (χ0v) is 15.3. The largest absolute Gasteiger partial charge is 0.353 e. The average molecular weight is 316 g/mol. The van der Waals surface area contributed by atoms with E-state index in [0.29, 0.717) is 11.3 Å². The van der Waals surface area contributed by atoms with Crippen LogP contribution in [0.2, 0.25) is 0 Å². The first-order valence-corrected chi connectivity index (χ1v) is 9.78. The van der Waals surface area contributed by atoms with Crippen LogP contribution >= 0.6 is 0 Å². The minimum Gasteiger partial charge on any atom is -0.353 e. The van der Waals surface area contributed by atoms with Gasteiger partial charge >= 0.3 is 0 Å². The van der Waals surface area contributed by atoms with Crippen LogP contribution in [-0.2, 0) is 4.79 Å². The minimum absolute atomic E-state index is 0.0238. The fourth-order valence-corrected chi connectivity index (χ4v) is 7.15. The first-order chi connectivity index (χ1) is 10.8. The van der Waals surface area contributed by atoms with E-state index in [-0.39, 0.29) is 5.54 Å². The van der Waals surface area contributed by atoms with Crippen LogP contribution in [0, 0.1) is 35.0 Å². The fraction of sp³-hybridized carbons (Fsp3) is 0.857. The number of nitrogens with one attached hydrogen (secondary N) is 1. The Morgan fingerprint density at radius 3 is 2.74 bits per heavy atom. The van der Waals surface area contributed by atoms with Crippen molar-refractivity contribution in [1.29, 1.82) is 0 Å². The summed E-state index contributed by atoms with van der Waals surface area (Å²) in [5, 5.41) is 3.24. The van der Waals surface area contributed by atoms with Gasteiger partial charge in [-0.25, -0.2) is 0 Å². The summed E-state index contributed by atoms with van der Waals surface area (Å²) < 4.78 is 0. The molecule has 23 heavy (non-hydrogen) atoms. The van der Waals surface area contributed by atoms with Crippen molar-refractivity contribution in [2.24, 2.45) is 35.0 Å². The Morgan fingerprint density at radius 2 is 2.00 bits per heavy atom. The molecule has 2 heteroatoms. The van der Waals surface area contributed by atoms with Crippen LogP contribution in [0.5, 0.6) is 0 Å². The highest BCUT2D eigenvalue weighted by molar-refractivity contribution is 5.48. The number of carbonyl (C=O) groups excluding carboxylic acids is 1. The van der Waals surface area contributed by atoms with Crippen molar-refractivity contribution in [3.8, 4) is 0 Å². The second-order valence-corrected chi connectivity index (χ2v) is 10.1. The van der Waals surface area contributed by atoms with E-state index in [0.717, 1.165) is 30.1 Å². The Morgan fingerprint density at radius 1 is 1.22 bits per heavy atom. The SMILES string of the molecule is C[C@@H]1CC2CC(C)(C)CC3=C2C2C1CC[C@@](C)(NC=O)C2CC3. The molecule has 0 aliphatic heterocycles. The fourth-order valence-electron chi connectivity index (χ4n) is 7.15. The van der Waals surface area contributed by atoms with Gasteiger partial charge in [-0.3, -0.25) is 4.79 Å². The molecule has 0 saturated heterocycles. The van der Waals surface area contributed by atoms with Gasteiger partial charge in [-0.05, 0) is 86.9 Å². The van der Waals surface area contributed by atoms with Crippen LogP contribution in [0.25, 0.3) is 0 Å². The Hall–Kier alpha value is -0.790. The smallest absolute Gasteiger partial charge is 0.207 e. The maximum Gasteiger partial charge on any atom is 0.207 e. The monoisotopic (exact) mass is 315 g/mol. The van der Waals surface area contributed by atoms with Crippen molar-refractivity contribution >= 4 is 6.41 Å². The normalized spacial score (nSPS) is 47.7. The molecule has 128 valence electrons. The molecule has 4 rings (SSSR count). The van der Waals surface area contributed by atoms with Gasteiger partial charge in [0.25, 0.3) is 0 Å². The second-order valence-electron chi connectivity index (χ2n) is 10.1. The first kappa shape index (κ1) is 15.7. The molecule has 0 aromatic carbocycles. The van der Waals surface area contributed by atoms with Crippen LogP contribution < -0.4 is 5.32 Å². The van der Waals surface area contributed by atoms with Gasteiger partial charge in [-0.15, -0.1) is 0 Å². The molecule has 4 unspecified atom stereocenters. The van der Waals surface area contributed by atoms with Crippen molar-refractivity contribution in [2.45, 2.75) is 78.2 Å². The van der Waals surface area contributed by atoms with E-state index in [4.69, 9.17) is 0 Å². The van der Waals surface area contributed by atoms with E-state index >= 15 is 0 Å². The molecular weight excluding hydrogens is 282 g/mol. The second kappa shape index (κ2) is 5.10. The summed E-state index contributed by atoms with van der Waals surface area (Å²) in [4.78, 5) is 11.2. The van der Waals surface area contributed by atoms with Crippen LogP contribution in [0.4, 0.5) is 0 Å². The van der Waals surface area contributed by atoms with E-state index in [1.54, 1.807) is 0 Å². The van der Waals surface area contributed by atoms with Gasteiger partial charge < -0.3 is 5.32 Å². The number of amides is 1. The lowest BCUT2D eigenvalue weighted by Crippen LogP contribution is -2.59. The highest BCUT2D eigenvalue weighted by atomic mass is 16.1. The van der Waals surface area contributed by atoms with E-state index in [1.807, 2.05) is 11.1 Å². The lowest BCUT2D eigenvalue weighted by atomic mass is 9.46. The van der Waals surface area contributed by atoms with Gasteiger partial charge in [0.05, 0.1) is 0 Å². The summed E-state index contributed by atoms with van der Waals surface area (Å²) in [5.74, 6) is 3.97. The number of carbonyl (C=O) groups is 1. The van der Waals surface area contributed by atoms with Crippen LogP contribution in [0.15, 0.2) is 11.1 Å². The molecule has 1 amide bonds. The van der Waals surface area contributed by atoms with E-state index in [1.165, 1.54) is 44.9 Å². The summed E-state index contributed by atoms with van der Waals surface area (Å²) >= 11 is 0. The van der Waals surface area contributed by atoms with E-state index < -0.39 is 0 Å². The highest BCUT2D eigenvalue weighted by Gasteiger charge is 2.55. The van der Waals surface area contributed by atoms with Crippen molar-refractivity contribution in [1.82, 2.24) is 5.32 Å². The predicted molar refractivity (Wildman–Crippen MR) is 93.9 cm³/mol. The average Bonchev–Trinajstić information content (AvgIpc) is 2.45. The van der Waals surface area contributed by atoms with Crippen molar-refractivity contribution in [2.75, 3.05) is 0 Å². The molecule has 4 aliphatic rings. The zero-order valence-electron chi connectivity index (χ0n) is 15.3. The predicted octanol–water partition coefficient (Wildman–Crippen LogP) is 4.70. The molecule has 0 bridgehead atoms. The van der Waals surface area contributed by atoms with E-state index in [2.05, 4.69) is 33.0 Å². The molecule has 2 fully saturated rings. The molecule has 0 spiro atoms. The third-order valence-corrected chi connectivity index (χ3v) is 7.94. The molecule has 2 saturated carbocycles. The molecule has 1 N–H and O–H groups in total. The van der Waals surface area contributed by atoms with Crippen molar-refractivity contribution in [3.63, 3.8) is 0 Å². The molecular formula is C21H33NO. The third kappa shape index (κ3) is 2.31. The van der Waals surface area contributed by atoms with Gasteiger partial charge in [-0.1, -0.05) is 31.9 Å². The van der Waals surface area contributed by atoms with Crippen molar-refractivity contribution < 1.29 is 4.79 Å². The quantitative estimate of drug-likeness (QED) is 0.581. The lowest BCUT2D eigenvalue weighted by molar-refractivity contribution is -0.113.